The highest BCUT2D eigenvalue weighted by atomic mass is 32.2. The number of sulfonamides is 1. The van der Waals surface area contributed by atoms with E-state index in [2.05, 4.69) is 10.6 Å². The number of nitrogens with one attached hydrogen (secondary N) is 2. The summed E-state index contributed by atoms with van der Waals surface area (Å²) in [5, 5.41) is 5.77. The van der Waals surface area contributed by atoms with Crippen LogP contribution in [-0.2, 0) is 20.6 Å². The molecule has 0 spiro atoms. The molecule has 1 aliphatic heterocycles. The third-order valence-electron chi connectivity index (χ3n) is 3.40. The molecule has 1 heterocycles. The molecule has 21 heavy (non-hydrogen) atoms. The Morgan fingerprint density at radius 2 is 2.10 bits per heavy atom. The van der Waals surface area contributed by atoms with Crippen molar-refractivity contribution in [1.82, 2.24) is 14.9 Å². The quantitative estimate of drug-likeness (QED) is 0.798. The minimum Gasteiger partial charge on any atom is -0.355 e. The van der Waals surface area contributed by atoms with Gasteiger partial charge in [-0.15, -0.1) is 0 Å². The van der Waals surface area contributed by atoms with Crippen molar-refractivity contribution in [2.75, 3.05) is 26.2 Å². The second-order valence-electron chi connectivity index (χ2n) is 4.97. The maximum absolute atomic E-state index is 12.6. The average Bonchev–Trinajstić information content (AvgIpc) is 2.48. The lowest BCUT2D eigenvalue weighted by atomic mass is 10.2. The topological polar surface area (TPSA) is 78.5 Å². The minimum absolute atomic E-state index is 0.0796. The van der Waals surface area contributed by atoms with Crippen LogP contribution in [0.15, 0.2) is 30.3 Å². The van der Waals surface area contributed by atoms with E-state index in [9.17, 15) is 13.2 Å². The lowest BCUT2D eigenvalue weighted by Gasteiger charge is -2.34. The molecule has 0 aliphatic carbocycles. The van der Waals surface area contributed by atoms with Gasteiger partial charge in [-0.3, -0.25) is 4.79 Å². The van der Waals surface area contributed by atoms with E-state index in [1.165, 1.54) is 4.31 Å². The maximum atomic E-state index is 12.6. The summed E-state index contributed by atoms with van der Waals surface area (Å²) in [5.41, 5.74) is 0.727. The lowest BCUT2D eigenvalue weighted by molar-refractivity contribution is -0.125. The molecule has 0 saturated carbocycles. The molecule has 1 unspecified atom stereocenters. The van der Waals surface area contributed by atoms with E-state index in [0.29, 0.717) is 26.2 Å². The lowest BCUT2D eigenvalue weighted by Crippen LogP contribution is -2.59. The first-order valence-electron chi connectivity index (χ1n) is 7.06. The summed E-state index contributed by atoms with van der Waals surface area (Å²) >= 11 is 0. The number of hydrogen-bond acceptors (Lipinski definition) is 4. The standard InChI is InChI=1S/C14H21N3O3S/c1-2-16-14(18)13-10-15-8-9-17(13)21(19,20)11-12-6-4-3-5-7-12/h3-7,13,15H,2,8-11H2,1H3,(H,16,18). The summed E-state index contributed by atoms with van der Waals surface area (Å²) in [6.45, 7) is 3.53. The van der Waals surface area contributed by atoms with Gasteiger partial charge in [-0.05, 0) is 12.5 Å². The first-order valence-corrected chi connectivity index (χ1v) is 8.67. The predicted molar refractivity (Wildman–Crippen MR) is 81.1 cm³/mol. The number of amides is 1. The third kappa shape index (κ3) is 4.03. The fraction of sp³-hybridized carbons (Fsp3) is 0.500. The van der Waals surface area contributed by atoms with Crippen molar-refractivity contribution in [3.05, 3.63) is 35.9 Å². The molecule has 2 rings (SSSR count). The van der Waals surface area contributed by atoms with Gasteiger partial charge in [-0.2, -0.15) is 4.31 Å². The zero-order valence-corrected chi connectivity index (χ0v) is 12.9. The van der Waals surface area contributed by atoms with Gasteiger partial charge in [0, 0.05) is 26.2 Å². The average molecular weight is 311 g/mol. The summed E-state index contributed by atoms with van der Waals surface area (Å²) in [6.07, 6.45) is 0. The number of carbonyl (C=O) groups is 1. The van der Waals surface area contributed by atoms with Crippen LogP contribution >= 0.6 is 0 Å². The van der Waals surface area contributed by atoms with Gasteiger partial charge in [0.1, 0.15) is 6.04 Å². The van der Waals surface area contributed by atoms with E-state index in [-0.39, 0.29) is 11.7 Å². The molecule has 116 valence electrons. The van der Waals surface area contributed by atoms with Crippen molar-refractivity contribution < 1.29 is 13.2 Å². The van der Waals surface area contributed by atoms with E-state index in [1.807, 2.05) is 25.1 Å². The van der Waals surface area contributed by atoms with Crippen LogP contribution in [0.25, 0.3) is 0 Å². The number of carbonyl (C=O) groups excluding carboxylic acids is 1. The number of piperazine rings is 1. The van der Waals surface area contributed by atoms with Crippen LogP contribution in [0.5, 0.6) is 0 Å². The van der Waals surface area contributed by atoms with Crippen molar-refractivity contribution in [3.63, 3.8) is 0 Å². The Morgan fingerprint density at radius 1 is 1.38 bits per heavy atom. The Morgan fingerprint density at radius 3 is 2.76 bits per heavy atom. The van der Waals surface area contributed by atoms with Crippen LogP contribution < -0.4 is 10.6 Å². The van der Waals surface area contributed by atoms with Crippen LogP contribution in [0, 0.1) is 0 Å². The Bertz CT molecular complexity index is 574. The number of rotatable bonds is 5. The molecule has 1 aromatic carbocycles. The Kier molecular flexibility index (Phi) is 5.33. The predicted octanol–water partition coefficient (Wildman–Crippen LogP) is -0.0737. The fourth-order valence-corrected chi connectivity index (χ4v) is 4.11. The van der Waals surface area contributed by atoms with Gasteiger partial charge >= 0.3 is 0 Å². The fourth-order valence-electron chi connectivity index (χ4n) is 2.40. The number of hydrogen-bond donors (Lipinski definition) is 2. The molecule has 0 radical (unpaired) electrons. The summed E-state index contributed by atoms with van der Waals surface area (Å²) in [5.74, 6) is -0.328. The largest absolute Gasteiger partial charge is 0.355 e. The molecule has 1 saturated heterocycles. The molecule has 1 aromatic rings. The molecule has 1 aliphatic rings. The summed E-state index contributed by atoms with van der Waals surface area (Å²) in [6, 6.07) is 8.35. The molecular formula is C14H21N3O3S. The Labute approximate surface area is 125 Å². The second-order valence-corrected chi connectivity index (χ2v) is 6.89. The molecule has 6 nitrogen and oxygen atoms in total. The molecule has 0 aromatic heterocycles. The highest BCUT2D eigenvalue weighted by Gasteiger charge is 2.36. The second kappa shape index (κ2) is 7.02. The molecule has 0 bridgehead atoms. The van der Waals surface area contributed by atoms with E-state index < -0.39 is 16.1 Å². The van der Waals surface area contributed by atoms with Crippen molar-refractivity contribution >= 4 is 15.9 Å². The number of nitrogens with zero attached hydrogens (tertiary/aromatic N) is 1. The van der Waals surface area contributed by atoms with Gasteiger partial charge in [-0.25, -0.2) is 8.42 Å². The maximum Gasteiger partial charge on any atom is 0.239 e. The first kappa shape index (κ1) is 15.9. The zero-order chi connectivity index (χ0) is 15.3. The molecule has 1 amide bonds. The number of benzene rings is 1. The summed E-state index contributed by atoms with van der Waals surface area (Å²) in [7, 11) is -3.52. The molecular weight excluding hydrogens is 290 g/mol. The van der Waals surface area contributed by atoms with Crippen LogP contribution in [0.2, 0.25) is 0 Å². The van der Waals surface area contributed by atoms with Crippen molar-refractivity contribution in [2.24, 2.45) is 0 Å². The highest BCUT2D eigenvalue weighted by Crippen LogP contribution is 2.15. The van der Waals surface area contributed by atoms with Crippen LogP contribution in [-0.4, -0.2) is 50.9 Å². The first-order chi connectivity index (χ1) is 10.0. The zero-order valence-electron chi connectivity index (χ0n) is 12.1. The smallest absolute Gasteiger partial charge is 0.239 e. The van der Waals surface area contributed by atoms with Crippen LogP contribution in [0.3, 0.4) is 0 Å². The van der Waals surface area contributed by atoms with Crippen molar-refractivity contribution in [1.29, 1.82) is 0 Å². The van der Waals surface area contributed by atoms with Gasteiger partial charge in [0.25, 0.3) is 0 Å². The third-order valence-corrected chi connectivity index (χ3v) is 5.25. The normalized spacial score (nSPS) is 20.1. The summed E-state index contributed by atoms with van der Waals surface area (Å²) in [4.78, 5) is 12.1. The van der Waals surface area contributed by atoms with Crippen molar-refractivity contribution in [2.45, 2.75) is 18.7 Å². The van der Waals surface area contributed by atoms with Gasteiger partial charge < -0.3 is 10.6 Å². The Balaban J connectivity index is 2.17. The van der Waals surface area contributed by atoms with Gasteiger partial charge in [0.2, 0.25) is 15.9 Å². The summed E-state index contributed by atoms with van der Waals surface area (Å²) < 4.78 is 26.5. The van der Waals surface area contributed by atoms with Crippen LogP contribution in [0.1, 0.15) is 12.5 Å². The van der Waals surface area contributed by atoms with Crippen LogP contribution in [0.4, 0.5) is 0 Å². The molecule has 1 fully saturated rings. The molecule has 2 N–H and O–H groups in total. The van der Waals surface area contributed by atoms with E-state index >= 15 is 0 Å². The minimum atomic E-state index is -3.52. The van der Waals surface area contributed by atoms with Gasteiger partial charge in [0.05, 0.1) is 5.75 Å². The van der Waals surface area contributed by atoms with E-state index in [0.717, 1.165) is 5.56 Å². The van der Waals surface area contributed by atoms with E-state index in [1.54, 1.807) is 12.1 Å². The van der Waals surface area contributed by atoms with Crippen molar-refractivity contribution in [3.8, 4) is 0 Å². The Hall–Kier alpha value is -1.44. The highest BCUT2D eigenvalue weighted by molar-refractivity contribution is 7.88. The van der Waals surface area contributed by atoms with Gasteiger partial charge in [-0.1, -0.05) is 30.3 Å². The molecule has 1 atom stereocenters. The SMILES string of the molecule is CCNC(=O)C1CNCCN1S(=O)(=O)Cc1ccccc1. The monoisotopic (exact) mass is 311 g/mol. The molecule has 7 heteroatoms. The van der Waals surface area contributed by atoms with E-state index in [4.69, 9.17) is 0 Å². The number of likely N-dealkylation sites (N-methyl/N-ethyl adjacent to an activating group) is 1. The van der Waals surface area contributed by atoms with Gasteiger partial charge in [0.15, 0.2) is 0 Å².